The molecule has 2 aromatic carbocycles. The largest absolute Gasteiger partial charge is 0.395 e. The van der Waals surface area contributed by atoms with Crippen molar-refractivity contribution in [2.45, 2.75) is 13.3 Å². The zero-order chi connectivity index (χ0) is 12.1. The number of nitrogens with one attached hydrogen (secondary N) is 1. The van der Waals surface area contributed by atoms with Crippen molar-refractivity contribution in [1.29, 1.82) is 0 Å². The molecule has 0 aliphatic rings. The fourth-order valence-corrected chi connectivity index (χ4v) is 2.01. The summed E-state index contributed by atoms with van der Waals surface area (Å²) in [5.74, 6) is 0. The highest BCUT2D eigenvalue weighted by molar-refractivity contribution is 5.83. The van der Waals surface area contributed by atoms with Gasteiger partial charge in [-0.3, -0.25) is 0 Å². The third-order valence-electron chi connectivity index (χ3n) is 2.94. The molecule has 17 heavy (non-hydrogen) atoms. The van der Waals surface area contributed by atoms with Gasteiger partial charge in [-0.2, -0.15) is 0 Å². The number of hydrogen-bond acceptors (Lipinski definition) is 2. The summed E-state index contributed by atoms with van der Waals surface area (Å²) in [4.78, 5) is 0. The van der Waals surface area contributed by atoms with Crippen LogP contribution >= 0.6 is 0 Å². The summed E-state index contributed by atoms with van der Waals surface area (Å²) < 4.78 is 0. The molecule has 0 heterocycles. The highest BCUT2D eigenvalue weighted by Gasteiger charge is 1.97. The van der Waals surface area contributed by atoms with Crippen LogP contribution in [-0.2, 0) is 6.42 Å². The molecule has 0 aliphatic carbocycles. The number of aliphatic hydroxyl groups is 1. The summed E-state index contributed by atoms with van der Waals surface area (Å²) in [6.07, 6.45) is 1.00. The second-order valence-electron chi connectivity index (χ2n) is 4.41. The lowest BCUT2D eigenvalue weighted by atomic mass is 10.0. The van der Waals surface area contributed by atoms with E-state index in [1.54, 1.807) is 0 Å². The van der Waals surface area contributed by atoms with Crippen molar-refractivity contribution in [3.8, 4) is 0 Å². The number of aliphatic hydroxyl groups excluding tert-OH is 1. The lowest BCUT2D eigenvalue weighted by Crippen LogP contribution is -2.20. The Morgan fingerprint density at radius 2 is 1.76 bits per heavy atom. The van der Waals surface area contributed by atoms with Gasteiger partial charge in [-0.15, -0.1) is 0 Å². The van der Waals surface area contributed by atoms with Crippen LogP contribution in [0.1, 0.15) is 11.1 Å². The fourth-order valence-electron chi connectivity index (χ4n) is 2.01. The van der Waals surface area contributed by atoms with Gasteiger partial charge < -0.3 is 10.4 Å². The second-order valence-corrected chi connectivity index (χ2v) is 4.41. The van der Waals surface area contributed by atoms with E-state index in [0.717, 1.165) is 13.0 Å². The molecule has 2 rings (SSSR count). The smallest absolute Gasteiger partial charge is 0.0555 e. The fraction of sp³-hybridized carbons (Fsp3) is 0.333. The van der Waals surface area contributed by atoms with E-state index in [0.29, 0.717) is 6.54 Å². The molecule has 0 radical (unpaired) electrons. The average molecular weight is 229 g/mol. The van der Waals surface area contributed by atoms with Crippen LogP contribution in [0.25, 0.3) is 10.8 Å². The van der Waals surface area contributed by atoms with E-state index in [9.17, 15) is 0 Å². The topological polar surface area (TPSA) is 32.3 Å². The third kappa shape index (κ3) is 3.29. The maximum absolute atomic E-state index is 8.67. The average Bonchev–Trinajstić information content (AvgIpc) is 2.35. The second kappa shape index (κ2) is 5.80. The number of hydrogen-bond donors (Lipinski definition) is 2. The molecule has 0 aromatic heterocycles. The van der Waals surface area contributed by atoms with Crippen LogP contribution in [0.2, 0.25) is 0 Å². The Balaban J connectivity index is 2.07. The van der Waals surface area contributed by atoms with E-state index < -0.39 is 0 Å². The predicted octanol–water partition coefficient (Wildman–Crippen LogP) is 2.27. The van der Waals surface area contributed by atoms with Gasteiger partial charge in [-0.25, -0.2) is 0 Å². The molecule has 2 heteroatoms. The van der Waals surface area contributed by atoms with Crippen molar-refractivity contribution in [3.63, 3.8) is 0 Å². The molecule has 0 atom stereocenters. The van der Waals surface area contributed by atoms with Crippen LogP contribution in [0.4, 0.5) is 0 Å². The van der Waals surface area contributed by atoms with Gasteiger partial charge in [0.1, 0.15) is 0 Å². The van der Waals surface area contributed by atoms with Gasteiger partial charge in [0.15, 0.2) is 0 Å². The summed E-state index contributed by atoms with van der Waals surface area (Å²) >= 11 is 0. The van der Waals surface area contributed by atoms with Gasteiger partial charge in [0.05, 0.1) is 6.61 Å². The minimum absolute atomic E-state index is 0.205. The molecule has 0 unspecified atom stereocenters. The zero-order valence-electron chi connectivity index (χ0n) is 10.2. The van der Waals surface area contributed by atoms with Crippen molar-refractivity contribution in [2.75, 3.05) is 19.7 Å². The maximum atomic E-state index is 8.67. The summed E-state index contributed by atoms with van der Waals surface area (Å²) in [6, 6.07) is 13.1. The summed E-state index contributed by atoms with van der Waals surface area (Å²) in [7, 11) is 0. The van der Waals surface area contributed by atoms with Crippen LogP contribution < -0.4 is 5.32 Å². The number of aryl methyl sites for hydroxylation is 1. The lowest BCUT2D eigenvalue weighted by molar-refractivity contribution is 0.293. The Morgan fingerprint density at radius 1 is 1.00 bits per heavy atom. The summed E-state index contributed by atoms with van der Waals surface area (Å²) in [6.45, 7) is 3.91. The van der Waals surface area contributed by atoms with E-state index in [4.69, 9.17) is 5.11 Å². The quantitative estimate of drug-likeness (QED) is 0.771. The molecule has 0 bridgehead atoms. The summed E-state index contributed by atoms with van der Waals surface area (Å²) in [5, 5.41) is 14.5. The highest BCUT2D eigenvalue weighted by Crippen LogP contribution is 2.17. The monoisotopic (exact) mass is 229 g/mol. The first-order chi connectivity index (χ1) is 8.29. The molecule has 2 nitrogen and oxygen atoms in total. The van der Waals surface area contributed by atoms with Gasteiger partial charge >= 0.3 is 0 Å². The molecule has 2 aromatic rings. The van der Waals surface area contributed by atoms with E-state index in [1.165, 1.54) is 21.9 Å². The van der Waals surface area contributed by atoms with Crippen LogP contribution in [-0.4, -0.2) is 24.8 Å². The van der Waals surface area contributed by atoms with Gasteiger partial charge in [0, 0.05) is 6.54 Å². The molecular weight excluding hydrogens is 210 g/mol. The normalized spacial score (nSPS) is 10.9. The SMILES string of the molecule is Cc1ccc2cc(CCNCCO)ccc2c1. The molecule has 0 spiro atoms. The van der Waals surface area contributed by atoms with Crippen molar-refractivity contribution in [3.05, 3.63) is 47.5 Å². The first-order valence-corrected chi connectivity index (χ1v) is 6.10. The number of fused-ring (bicyclic) bond motifs is 1. The van der Waals surface area contributed by atoms with Crippen molar-refractivity contribution in [1.82, 2.24) is 5.32 Å². The molecule has 90 valence electrons. The van der Waals surface area contributed by atoms with Crippen molar-refractivity contribution >= 4 is 10.8 Å². The van der Waals surface area contributed by atoms with Gasteiger partial charge in [-0.05, 0) is 36.2 Å². The maximum Gasteiger partial charge on any atom is 0.0555 e. The van der Waals surface area contributed by atoms with Gasteiger partial charge in [0.25, 0.3) is 0 Å². The molecule has 2 N–H and O–H groups in total. The Bertz CT molecular complexity index is 493. The molecule has 0 saturated heterocycles. The third-order valence-corrected chi connectivity index (χ3v) is 2.94. The van der Waals surface area contributed by atoms with Crippen LogP contribution in [0.3, 0.4) is 0 Å². The molecular formula is C15H19NO. The number of rotatable bonds is 5. The minimum Gasteiger partial charge on any atom is -0.395 e. The van der Waals surface area contributed by atoms with Crippen LogP contribution in [0.15, 0.2) is 36.4 Å². The van der Waals surface area contributed by atoms with Gasteiger partial charge in [-0.1, -0.05) is 42.0 Å². The van der Waals surface area contributed by atoms with E-state index in [2.05, 4.69) is 48.6 Å². The van der Waals surface area contributed by atoms with Crippen LogP contribution in [0, 0.1) is 6.92 Å². The minimum atomic E-state index is 0.205. The van der Waals surface area contributed by atoms with Gasteiger partial charge in [0.2, 0.25) is 0 Å². The molecule has 0 saturated carbocycles. The van der Waals surface area contributed by atoms with Crippen molar-refractivity contribution in [2.24, 2.45) is 0 Å². The standard InChI is InChI=1S/C15H19NO/c1-12-2-4-15-11-13(3-5-14(15)10-12)6-7-16-8-9-17/h2-5,10-11,16-17H,6-9H2,1H3. The zero-order valence-corrected chi connectivity index (χ0v) is 10.2. The lowest BCUT2D eigenvalue weighted by Gasteiger charge is -2.05. The Hall–Kier alpha value is -1.38. The highest BCUT2D eigenvalue weighted by atomic mass is 16.3. The molecule has 0 aliphatic heterocycles. The summed E-state index contributed by atoms with van der Waals surface area (Å²) in [5.41, 5.74) is 2.64. The molecule has 0 fully saturated rings. The Labute approximate surface area is 102 Å². The molecule has 0 amide bonds. The first-order valence-electron chi connectivity index (χ1n) is 6.10. The van der Waals surface area contributed by atoms with E-state index >= 15 is 0 Å². The van der Waals surface area contributed by atoms with E-state index in [-0.39, 0.29) is 6.61 Å². The first kappa shape index (κ1) is 12.1. The number of benzene rings is 2. The van der Waals surface area contributed by atoms with Crippen molar-refractivity contribution < 1.29 is 5.11 Å². The predicted molar refractivity (Wildman–Crippen MR) is 72.3 cm³/mol. The van der Waals surface area contributed by atoms with E-state index in [1.807, 2.05) is 0 Å². The van der Waals surface area contributed by atoms with Crippen LogP contribution in [0.5, 0.6) is 0 Å². The Morgan fingerprint density at radius 3 is 2.59 bits per heavy atom. The Kier molecular flexibility index (Phi) is 4.13.